The first kappa shape index (κ1) is 11.5. The maximum atomic E-state index is 4.48. The molecular formula is C10H14N2S2. The van der Waals surface area contributed by atoms with Crippen LogP contribution in [-0.4, -0.2) is 22.1 Å². The minimum Gasteiger partial charge on any atom is -0.310 e. The third-order valence-corrected chi connectivity index (χ3v) is 3.29. The van der Waals surface area contributed by atoms with E-state index in [1.54, 1.807) is 29.6 Å². The predicted octanol–water partition coefficient (Wildman–Crippen LogP) is 3.16. The molecule has 0 radical (unpaired) electrons. The van der Waals surface area contributed by atoms with Crippen LogP contribution in [0.25, 0.3) is 6.08 Å². The van der Waals surface area contributed by atoms with Crippen LogP contribution in [-0.2, 0) is 6.54 Å². The van der Waals surface area contributed by atoms with Crippen molar-refractivity contribution in [3.05, 3.63) is 24.9 Å². The predicted molar refractivity (Wildman–Crippen MR) is 66.1 cm³/mol. The quantitative estimate of drug-likeness (QED) is 0.567. The highest BCUT2D eigenvalue weighted by atomic mass is 32.2. The number of hydrogen-bond donors (Lipinski definition) is 0. The van der Waals surface area contributed by atoms with Crippen LogP contribution in [0.4, 0.5) is 0 Å². The number of hydrogen-bond acceptors (Lipinski definition) is 3. The topological polar surface area (TPSA) is 17.8 Å². The zero-order valence-electron chi connectivity index (χ0n) is 8.49. The summed E-state index contributed by atoms with van der Waals surface area (Å²) >= 11 is 3.33. The lowest BCUT2D eigenvalue weighted by atomic mass is 10.5. The largest absolute Gasteiger partial charge is 0.310 e. The molecule has 0 bridgehead atoms. The summed E-state index contributed by atoms with van der Waals surface area (Å²) in [6.45, 7) is 8.31. The van der Waals surface area contributed by atoms with Gasteiger partial charge in [0.15, 0.2) is 5.16 Å². The molecule has 1 heterocycles. The molecule has 0 aliphatic rings. The molecule has 0 aromatic carbocycles. The van der Waals surface area contributed by atoms with E-state index >= 15 is 0 Å². The number of aromatic nitrogens is 2. The van der Waals surface area contributed by atoms with Gasteiger partial charge in [-0.15, -0.1) is 18.3 Å². The van der Waals surface area contributed by atoms with E-state index in [1.807, 2.05) is 18.6 Å². The molecular weight excluding hydrogens is 212 g/mol. The van der Waals surface area contributed by atoms with Crippen molar-refractivity contribution in [2.45, 2.75) is 16.7 Å². The lowest BCUT2D eigenvalue weighted by molar-refractivity contribution is 0.671. The summed E-state index contributed by atoms with van der Waals surface area (Å²) in [5, 5.41) is 2.17. The molecule has 0 saturated carbocycles. The summed E-state index contributed by atoms with van der Waals surface area (Å²) in [5.41, 5.74) is 0.962. The Morgan fingerprint density at radius 2 is 2.07 bits per heavy atom. The molecule has 0 aliphatic heterocycles. The van der Waals surface area contributed by atoms with E-state index in [-0.39, 0.29) is 0 Å². The minimum atomic E-state index is 0.799. The Balaban J connectivity index is 3.24. The van der Waals surface area contributed by atoms with Crippen LogP contribution in [0.3, 0.4) is 0 Å². The Bertz CT molecular complexity index is 342. The van der Waals surface area contributed by atoms with Gasteiger partial charge in [-0.05, 0) is 18.6 Å². The Morgan fingerprint density at radius 3 is 2.50 bits per heavy atom. The standard InChI is InChI=1S/C10H14N2S2/c1-5-7-12-9(13-3)8(6-2)11-10(12)14-4/h5-6H,1-2,7H2,3-4H3. The first-order valence-corrected chi connectivity index (χ1v) is 6.65. The van der Waals surface area contributed by atoms with Crippen LogP contribution >= 0.6 is 23.5 Å². The molecule has 1 aromatic heterocycles. The van der Waals surface area contributed by atoms with Crippen LogP contribution in [0, 0.1) is 0 Å². The second kappa shape index (κ2) is 5.32. The van der Waals surface area contributed by atoms with Gasteiger partial charge in [-0.1, -0.05) is 24.4 Å². The fraction of sp³-hybridized carbons (Fsp3) is 0.300. The first-order valence-electron chi connectivity index (χ1n) is 4.20. The summed E-state index contributed by atoms with van der Waals surface area (Å²) in [6, 6.07) is 0. The molecule has 76 valence electrons. The molecule has 0 aliphatic carbocycles. The summed E-state index contributed by atoms with van der Waals surface area (Å²) in [7, 11) is 0. The SMILES string of the molecule is C=CCn1c(SC)nc(C=C)c1SC. The molecule has 0 spiro atoms. The molecule has 1 aromatic rings. The van der Waals surface area contributed by atoms with Gasteiger partial charge in [0.2, 0.25) is 0 Å². The molecule has 0 fully saturated rings. The van der Waals surface area contributed by atoms with Crippen molar-refractivity contribution in [2.24, 2.45) is 0 Å². The first-order chi connectivity index (χ1) is 6.78. The second-order valence-corrected chi connectivity index (χ2v) is 4.16. The minimum absolute atomic E-state index is 0.799. The highest BCUT2D eigenvalue weighted by Crippen LogP contribution is 2.27. The van der Waals surface area contributed by atoms with Crippen LogP contribution in [0.5, 0.6) is 0 Å². The van der Waals surface area contributed by atoms with Crippen molar-refractivity contribution in [3.63, 3.8) is 0 Å². The van der Waals surface area contributed by atoms with Crippen LogP contribution < -0.4 is 0 Å². The molecule has 0 N–H and O–H groups in total. The van der Waals surface area contributed by atoms with Crippen molar-refractivity contribution < 1.29 is 0 Å². The van der Waals surface area contributed by atoms with E-state index < -0.39 is 0 Å². The monoisotopic (exact) mass is 226 g/mol. The van der Waals surface area contributed by atoms with Gasteiger partial charge in [-0.25, -0.2) is 4.98 Å². The Hall–Kier alpha value is -0.610. The number of nitrogens with zero attached hydrogens (tertiary/aromatic N) is 2. The van der Waals surface area contributed by atoms with Crippen molar-refractivity contribution >= 4 is 29.6 Å². The van der Waals surface area contributed by atoms with Crippen LogP contribution in [0.1, 0.15) is 5.69 Å². The van der Waals surface area contributed by atoms with E-state index in [1.165, 1.54) is 0 Å². The van der Waals surface area contributed by atoms with Gasteiger partial charge in [-0.2, -0.15) is 0 Å². The van der Waals surface area contributed by atoms with E-state index in [2.05, 4.69) is 22.7 Å². The summed E-state index contributed by atoms with van der Waals surface area (Å²) < 4.78 is 2.15. The normalized spacial score (nSPS) is 10.1. The maximum Gasteiger partial charge on any atom is 0.169 e. The number of allylic oxidation sites excluding steroid dienone is 1. The summed E-state index contributed by atoms with van der Waals surface area (Å²) in [6.07, 6.45) is 7.76. The molecule has 14 heavy (non-hydrogen) atoms. The summed E-state index contributed by atoms with van der Waals surface area (Å²) in [4.78, 5) is 4.48. The molecule has 2 nitrogen and oxygen atoms in total. The van der Waals surface area contributed by atoms with E-state index in [0.717, 1.165) is 22.4 Å². The number of thioether (sulfide) groups is 2. The smallest absolute Gasteiger partial charge is 0.169 e. The number of rotatable bonds is 5. The van der Waals surface area contributed by atoms with Gasteiger partial charge in [0.05, 0.1) is 5.69 Å². The molecule has 4 heteroatoms. The van der Waals surface area contributed by atoms with E-state index in [0.29, 0.717) is 0 Å². The zero-order valence-corrected chi connectivity index (χ0v) is 10.1. The third kappa shape index (κ3) is 2.07. The van der Waals surface area contributed by atoms with Gasteiger partial charge >= 0.3 is 0 Å². The average molecular weight is 226 g/mol. The van der Waals surface area contributed by atoms with Crippen LogP contribution in [0.15, 0.2) is 29.4 Å². The third-order valence-electron chi connectivity index (χ3n) is 1.79. The van der Waals surface area contributed by atoms with Crippen molar-refractivity contribution in [2.75, 3.05) is 12.5 Å². The maximum absolute atomic E-state index is 4.48. The molecule has 1 rings (SSSR count). The molecule has 0 atom stereocenters. The molecule has 0 unspecified atom stereocenters. The van der Waals surface area contributed by atoms with Gasteiger partial charge in [0.1, 0.15) is 5.03 Å². The van der Waals surface area contributed by atoms with Crippen LogP contribution in [0.2, 0.25) is 0 Å². The highest BCUT2D eigenvalue weighted by Gasteiger charge is 2.12. The van der Waals surface area contributed by atoms with Crippen molar-refractivity contribution in [3.8, 4) is 0 Å². The van der Waals surface area contributed by atoms with Gasteiger partial charge < -0.3 is 4.57 Å². The Labute approximate surface area is 93.5 Å². The fourth-order valence-corrected chi connectivity index (χ4v) is 2.58. The highest BCUT2D eigenvalue weighted by molar-refractivity contribution is 7.99. The Morgan fingerprint density at radius 1 is 1.36 bits per heavy atom. The molecule has 0 amide bonds. The Kier molecular flexibility index (Phi) is 4.35. The second-order valence-electron chi connectivity index (χ2n) is 2.60. The van der Waals surface area contributed by atoms with E-state index in [4.69, 9.17) is 0 Å². The zero-order chi connectivity index (χ0) is 10.6. The lowest BCUT2D eigenvalue weighted by Gasteiger charge is -2.05. The van der Waals surface area contributed by atoms with Gasteiger partial charge in [-0.3, -0.25) is 0 Å². The van der Waals surface area contributed by atoms with E-state index in [9.17, 15) is 0 Å². The van der Waals surface area contributed by atoms with Gasteiger partial charge in [0, 0.05) is 6.54 Å². The average Bonchev–Trinajstić information content (AvgIpc) is 2.56. The van der Waals surface area contributed by atoms with Gasteiger partial charge in [0.25, 0.3) is 0 Å². The lowest BCUT2D eigenvalue weighted by Crippen LogP contribution is -1.98. The fourth-order valence-electron chi connectivity index (χ4n) is 1.23. The van der Waals surface area contributed by atoms with Crippen molar-refractivity contribution in [1.29, 1.82) is 0 Å². The number of imidazole rings is 1. The van der Waals surface area contributed by atoms with Crippen molar-refractivity contribution in [1.82, 2.24) is 9.55 Å². The molecule has 0 saturated heterocycles. The summed E-state index contributed by atoms with van der Waals surface area (Å²) in [5.74, 6) is 0.